The molecule has 84 valence electrons. The SMILES string of the molecule is CSC(CS(=O)(=O)c1ccccc1)SC. The zero-order chi connectivity index (χ0) is 11.3. The third-order valence-corrected chi connectivity index (χ3v) is 6.71. The van der Waals surface area contributed by atoms with Crippen molar-refractivity contribution < 1.29 is 8.42 Å². The van der Waals surface area contributed by atoms with Crippen LogP contribution in [0.15, 0.2) is 35.2 Å². The van der Waals surface area contributed by atoms with Gasteiger partial charge in [-0.05, 0) is 24.6 Å². The lowest BCUT2D eigenvalue weighted by Gasteiger charge is -2.11. The topological polar surface area (TPSA) is 34.1 Å². The number of rotatable bonds is 5. The molecule has 0 atom stereocenters. The van der Waals surface area contributed by atoms with Crippen molar-refractivity contribution in [1.29, 1.82) is 0 Å². The Morgan fingerprint density at radius 3 is 2.13 bits per heavy atom. The second kappa shape index (κ2) is 5.82. The van der Waals surface area contributed by atoms with Gasteiger partial charge >= 0.3 is 0 Å². The zero-order valence-corrected chi connectivity index (χ0v) is 11.2. The molecule has 2 nitrogen and oxygen atoms in total. The molecule has 0 aliphatic carbocycles. The maximum absolute atomic E-state index is 11.9. The minimum atomic E-state index is -3.13. The predicted molar refractivity (Wildman–Crippen MR) is 69.3 cm³/mol. The predicted octanol–water partition coefficient (Wildman–Crippen LogP) is 2.51. The molecule has 1 aromatic rings. The van der Waals surface area contributed by atoms with Crippen molar-refractivity contribution in [3.63, 3.8) is 0 Å². The highest BCUT2D eigenvalue weighted by atomic mass is 32.2. The van der Waals surface area contributed by atoms with Crippen LogP contribution in [0.25, 0.3) is 0 Å². The number of benzene rings is 1. The van der Waals surface area contributed by atoms with Crippen LogP contribution in [0, 0.1) is 0 Å². The van der Waals surface area contributed by atoms with E-state index in [1.54, 1.807) is 47.8 Å². The van der Waals surface area contributed by atoms with Crippen LogP contribution in [0.3, 0.4) is 0 Å². The fraction of sp³-hybridized carbons (Fsp3) is 0.400. The van der Waals surface area contributed by atoms with Gasteiger partial charge < -0.3 is 0 Å². The zero-order valence-electron chi connectivity index (χ0n) is 8.71. The lowest BCUT2D eigenvalue weighted by Crippen LogP contribution is -2.15. The molecule has 0 heterocycles. The summed E-state index contributed by atoms with van der Waals surface area (Å²) < 4.78 is 24.0. The molecule has 0 unspecified atom stereocenters. The quantitative estimate of drug-likeness (QED) is 0.764. The van der Waals surface area contributed by atoms with Gasteiger partial charge in [-0.3, -0.25) is 0 Å². The van der Waals surface area contributed by atoms with Crippen LogP contribution in [0.1, 0.15) is 0 Å². The van der Waals surface area contributed by atoms with Crippen LogP contribution in [0.4, 0.5) is 0 Å². The molecule has 0 fully saturated rings. The summed E-state index contributed by atoms with van der Waals surface area (Å²) in [6.45, 7) is 0. The van der Waals surface area contributed by atoms with E-state index in [2.05, 4.69) is 0 Å². The van der Waals surface area contributed by atoms with Crippen LogP contribution in [0.5, 0.6) is 0 Å². The molecule has 0 aliphatic heterocycles. The summed E-state index contributed by atoms with van der Waals surface area (Å²) in [5.41, 5.74) is 0. The lowest BCUT2D eigenvalue weighted by molar-refractivity contribution is 0.597. The second-order valence-electron chi connectivity index (χ2n) is 3.00. The van der Waals surface area contributed by atoms with Gasteiger partial charge in [0.2, 0.25) is 0 Å². The number of hydrogen-bond donors (Lipinski definition) is 0. The van der Waals surface area contributed by atoms with Gasteiger partial charge in [0, 0.05) is 0 Å². The van der Waals surface area contributed by atoms with Crippen LogP contribution in [-0.4, -0.2) is 31.3 Å². The Labute approximate surface area is 99.8 Å². The van der Waals surface area contributed by atoms with E-state index in [4.69, 9.17) is 0 Å². The molecule has 0 saturated heterocycles. The van der Waals surface area contributed by atoms with Gasteiger partial charge in [-0.2, -0.15) is 0 Å². The van der Waals surface area contributed by atoms with E-state index in [0.717, 1.165) is 0 Å². The molecular weight excluding hydrogens is 248 g/mol. The van der Waals surface area contributed by atoms with Crippen LogP contribution < -0.4 is 0 Å². The van der Waals surface area contributed by atoms with Crippen molar-refractivity contribution in [2.24, 2.45) is 0 Å². The third-order valence-electron chi connectivity index (χ3n) is 1.98. The van der Waals surface area contributed by atoms with Gasteiger partial charge in [-0.25, -0.2) is 8.42 Å². The summed E-state index contributed by atoms with van der Waals surface area (Å²) >= 11 is 3.15. The molecule has 0 spiro atoms. The van der Waals surface area contributed by atoms with Crippen LogP contribution >= 0.6 is 23.5 Å². The lowest BCUT2D eigenvalue weighted by atomic mass is 10.4. The van der Waals surface area contributed by atoms with Gasteiger partial charge in [0.05, 0.1) is 15.2 Å². The molecule has 1 rings (SSSR count). The summed E-state index contributed by atoms with van der Waals surface area (Å²) in [7, 11) is -3.13. The highest BCUT2D eigenvalue weighted by Gasteiger charge is 2.19. The van der Waals surface area contributed by atoms with E-state index >= 15 is 0 Å². The molecule has 1 aromatic carbocycles. The second-order valence-corrected chi connectivity index (χ2v) is 7.41. The fourth-order valence-corrected chi connectivity index (χ4v) is 5.19. The highest BCUT2D eigenvalue weighted by Crippen LogP contribution is 2.23. The first kappa shape index (κ1) is 12.9. The van der Waals surface area contributed by atoms with E-state index in [9.17, 15) is 8.42 Å². The Hall–Kier alpha value is -0.130. The first-order chi connectivity index (χ1) is 7.10. The van der Waals surface area contributed by atoms with Crippen LogP contribution in [-0.2, 0) is 9.84 Å². The Bertz CT molecular complexity index is 382. The molecule has 0 aromatic heterocycles. The van der Waals surface area contributed by atoms with Gasteiger partial charge in [-0.15, -0.1) is 23.5 Å². The molecule has 0 N–H and O–H groups in total. The smallest absolute Gasteiger partial charge is 0.180 e. The third kappa shape index (κ3) is 3.74. The molecule has 5 heteroatoms. The minimum absolute atomic E-state index is 0.107. The first-order valence-electron chi connectivity index (χ1n) is 4.43. The van der Waals surface area contributed by atoms with E-state index in [0.29, 0.717) is 4.90 Å². The Kier molecular flexibility index (Phi) is 5.02. The van der Waals surface area contributed by atoms with E-state index in [1.807, 2.05) is 18.6 Å². The highest BCUT2D eigenvalue weighted by molar-refractivity contribution is 8.17. The van der Waals surface area contributed by atoms with Crippen molar-refractivity contribution in [2.45, 2.75) is 9.48 Å². The molecule has 0 amide bonds. The standard InChI is InChI=1S/C10H14O2S3/c1-13-10(14-2)8-15(11,12)9-6-4-3-5-7-9/h3-7,10H,8H2,1-2H3. The van der Waals surface area contributed by atoms with E-state index in [-0.39, 0.29) is 10.3 Å². The van der Waals surface area contributed by atoms with Gasteiger partial charge in [-0.1, -0.05) is 18.2 Å². The fourth-order valence-electron chi connectivity index (χ4n) is 1.14. The van der Waals surface area contributed by atoms with Crippen molar-refractivity contribution in [3.05, 3.63) is 30.3 Å². The van der Waals surface area contributed by atoms with Crippen molar-refractivity contribution >= 4 is 33.4 Å². The summed E-state index contributed by atoms with van der Waals surface area (Å²) in [6, 6.07) is 8.61. The molecule has 0 radical (unpaired) electrons. The largest absolute Gasteiger partial charge is 0.224 e. The first-order valence-corrected chi connectivity index (χ1v) is 8.66. The normalized spacial score (nSPS) is 11.9. The van der Waals surface area contributed by atoms with Crippen LogP contribution in [0.2, 0.25) is 0 Å². The summed E-state index contributed by atoms with van der Waals surface area (Å²) in [5, 5.41) is 0. The molecule has 0 saturated carbocycles. The average Bonchev–Trinajstić information content (AvgIpc) is 2.27. The minimum Gasteiger partial charge on any atom is -0.224 e. The van der Waals surface area contributed by atoms with Gasteiger partial charge in [0.15, 0.2) is 9.84 Å². The summed E-state index contributed by atoms with van der Waals surface area (Å²) in [6.07, 6.45) is 3.86. The molecule has 0 aliphatic rings. The summed E-state index contributed by atoms with van der Waals surface area (Å²) in [4.78, 5) is 0.415. The van der Waals surface area contributed by atoms with Crippen molar-refractivity contribution in [2.75, 3.05) is 18.3 Å². The number of hydrogen-bond acceptors (Lipinski definition) is 4. The van der Waals surface area contributed by atoms with Gasteiger partial charge in [0.25, 0.3) is 0 Å². The van der Waals surface area contributed by atoms with Crippen molar-refractivity contribution in [1.82, 2.24) is 0 Å². The number of thioether (sulfide) groups is 2. The molecule has 15 heavy (non-hydrogen) atoms. The Balaban J connectivity index is 2.85. The molecular formula is C10H14O2S3. The maximum Gasteiger partial charge on any atom is 0.180 e. The van der Waals surface area contributed by atoms with E-state index < -0.39 is 9.84 Å². The number of sulfone groups is 1. The Morgan fingerprint density at radius 2 is 1.67 bits per heavy atom. The van der Waals surface area contributed by atoms with Gasteiger partial charge in [0.1, 0.15) is 0 Å². The van der Waals surface area contributed by atoms with E-state index in [1.165, 1.54) is 0 Å². The molecule has 0 bridgehead atoms. The van der Waals surface area contributed by atoms with Crippen molar-refractivity contribution in [3.8, 4) is 0 Å². The summed E-state index contributed by atoms with van der Waals surface area (Å²) in [5.74, 6) is 0.194. The average molecular weight is 262 g/mol. The maximum atomic E-state index is 11.9. The monoisotopic (exact) mass is 262 g/mol. The Morgan fingerprint density at radius 1 is 1.13 bits per heavy atom.